The molecule has 0 fully saturated rings. The summed E-state index contributed by atoms with van der Waals surface area (Å²) in [4.78, 5) is 0. The summed E-state index contributed by atoms with van der Waals surface area (Å²) >= 11 is 1.26. The Hall–Kier alpha value is -2.74. The summed E-state index contributed by atoms with van der Waals surface area (Å²) in [5.74, 6) is 1.89. The van der Waals surface area contributed by atoms with E-state index in [1.807, 2.05) is 0 Å². The van der Waals surface area contributed by atoms with Gasteiger partial charge in [-0.2, -0.15) is 0 Å². The fourth-order valence-corrected chi connectivity index (χ4v) is 3.09. The maximum atomic E-state index is 13.7. The van der Waals surface area contributed by atoms with Crippen molar-refractivity contribution in [1.82, 2.24) is 10.2 Å². The van der Waals surface area contributed by atoms with Gasteiger partial charge in [-0.15, -0.1) is 10.2 Å². The van der Waals surface area contributed by atoms with E-state index in [-0.39, 0.29) is 5.82 Å². The first-order valence-electron chi connectivity index (χ1n) is 7.66. The Morgan fingerprint density at radius 2 is 1.69 bits per heavy atom. The van der Waals surface area contributed by atoms with Crippen molar-refractivity contribution in [2.24, 2.45) is 0 Å². The molecule has 136 valence electrons. The summed E-state index contributed by atoms with van der Waals surface area (Å²) in [6.45, 7) is 0. The second-order valence-electron chi connectivity index (χ2n) is 5.17. The molecule has 0 aliphatic carbocycles. The van der Waals surface area contributed by atoms with Crippen LogP contribution in [0.3, 0.4) is 0 Å². The molecule has 0 amide bonds. The predicted molar refractivity (Wildman–Crippen MR) is 95.4 cm³/mol. The summed E-state index contributed by atoms with van der Waals surface area (Å²) in [5.41, 5.74) is 1.20. The Kier molecular flexibility index (Phi) is 5.62. The Balaban J connectivity index is 1.82. The van der Waals surface area contributed by atoms with Crippen LogP contribution in [0.15, 0.2) is 46.0 Å². The van der Waals surface area contributed by atoms with Crippen molar-refractivity contribution in [2.45, 2.75) is 11.0 Å². The van der Waals surface area contributed by atoms with Crippen LogP contribution in [0.5, 0.6) is 17.2 Å². The molecule has 0 saturated carbocycles. The van der Waals surface area contributed by atoms with Crippen molar-refractivity contribution < 1.29 is 23.0 Å². The molecule has 1 heterocycles. The number of hydrogen-bond acceptors (Lipinski definition) is 7. The van der Waals surface area contributed by atoms with Crippen LogP contribution < -0.4 is 14.2 Å². The zero-order valence-corrected chi connectivity index (χ0v) is 15.3. The largest absolute Gasteiger partial charge is 0.493 e. The van der Waals surface area contributed by atoms with Crippen LogP contribution in [-0.2, 0) is 5.75 Å². The van der Waals surface area contributed by atoms with Gasteiger partial charge in [0.1, 0.15) is 5.82 Å². The summed E-state index contributed by atoms with van der Waals surface area (Å²) < 4.78 is 35.3. The van der Waals surface area contributed by atoms with Gasteiger partial charge in [0.15, 0.2) is 11.5 Å². The number of ether oxygens (including phenoxy) is 3. The Morgan fingerprint density at radius 1 is 1.00 bits per heavy atom. The highest BCUT2D eigenvalue weighted by atomic mass is 32.2. The topological polar surface area (TPSA) is 66.6 Å². The molecule has 26 heavy (non-hydrogen) atoms. The van der Waals surface area contributed by atoms with E-state index in [2.05, 4.69) is 10.2 Å². The highest BCUT2D eigenvalue weighted by Gasteiger charge is 2.17. The van der Waals surface area contributed by atoms with Gasteiger partial charge < -0.3 is 18.6 Å². The molecule has 8 heteroatoms. The second-order valence-corrected chi connectivity index (χ2v) is 6.09. The molecule has 3 rings (SSSR count). The number of benzene rings is 2. The van der Waals surface area contributed by atoms with Crippen molar-refractivity contribution in [2.75, 3.05) is 21.3 Å². The van der Waals surface area contributed by atoms with E-state index in [1.165, 1.54) is 39.2 Å². The Bertz CT molecular complexity index is 875. The molecule has 0 radical (unpaired) electrons. The maximum Gasteiger partial charge on any atom is 0.277 e. The van der Waals surface area contributed by atoms with Gasteiger partial charge in [0.25, 0.3) is 5.22 Å². The SMILES string of the molecule is COc1cc(-c2nnc(SCc3ccccc3F)o2)cc(OC)c1OC. The smallest absolute Gasteiger partial charge is 0.277 e. The molecular formula is C18H17FN2O4S. The van der Waals surface area contributed by atoms with E-state index in [0.29, 0.717) is 45.2 Å². The van der Waals surface area contributed by atoms with Crippen molar-refractivity contribution in [3.8, 4) is 28.7 Å². The van der Waals surface area contributed by atoms with Gasteiger partial charge >= 0.3 is 0 Å². The lowest BCUT2D eigenvalue weighted by Gasteiger charge is -2.12. The summed E-state index contributed by atoms with van der Waals surface area (Å²) in [6.07, 6.45) is 0. The average molecular weight is 376 g/mol. The number of rotatable bonds is 7. The molecule has 6 nitrogen and oxygen atoms in total. The molecule has 0 aliphatic rings. The van der Waals surface area contributed by atoms with E-state index in [9.17, 15) is 4.39 Å². The van der Waals surface area contributed by atoms with E-state index in [0.717, 1.165) is 0 Å². The van der Waals surface area contributed by atoms with Crippen LogP contribution in [0.25, 0.3) is 11.5 Å². The van der Waals surface area contributed by atoms with Crippen molar-refractivity contribution >= 4 is 11.8 Å². The number of methoxy groups -OCH3 is 3. The third-order valence-electron chi connectivity index (χ3n) is 3.63. The van der Waals surface area contributed by atoms with Crippen LogP contribution in [-0.4, -0.2) is 31.5 Å². The Labute approximate surface area is 154 Å². The molecule has 0 unspecified atom stereocenters. The molecule has 0 spiro atoms. The number of aromatic nitrogens is 2. The van der Waals surface area contributed by atoms with Gasteiger partial charge in [0.05, 0.1) is 21.3 Å². The van der Waals surface area contributed by atoms with E-state index in [1.54, 1.807) is 30.3 Å². The first-order valence-corrected chi connectivity index (χ1v) is 8.65. The molecular weight excluding hydrogens is 359 g/mol. The van der Waals surface area contributed by atoms with E-state index < -0.39 is 0 Å². The maximum absolute atomic E-state index is 13.7. The molecule has 0 atom stereocenters. The van der Waals surface area contributed by atoms with Crippen molar-refractivity contribution in [3.63, 3.8) is 0 Å². The fraction of sp³-hybridized carbons (Fsp3) is 0.222. The minimum Gasteiger partial charge on any atom is -0.493 e. The average Bonchev–Trinajstić information content (AvgIpc) is 3.15. The van der Waals surface area contributed by atoms with Gasteiger partial charge in [-0.1, -0.05) is 30.0 Å². The third kappa shape index (κ3) is 3.75. The zero-order chi connectivity index (χ0) is 18.5. The quantitative estimate of drug-likeness (QED) is 0.573. The van der Waals surface area contributed by atoms with E-state index in [4.69, 9.17) is 18.6 Å². The highest BCUT2D eigenvalue weighted by Crippen LogP contribution is 2.41. The summed E-state index contributed by atoms with van der Waals surface area (Å²) in [6, 6.07) is 10.0. The molecule has 2 aromatic carbocycles. The summed E-state index contributed by atoms with van der Waals surface area (Å²) in [5, 5.41) is 8.39. The summed E-state index contributed by atoms with van der Waals surface area (Å²) in [7, 11) is 4.60. The number of halogens is 1. The molecule has 1 aromatic heterocycles. The van der Waals surface area contributed by atoms with Crippen LogP contribution in [0, 0.1) is 5.82 Å². The number of hydrogen-bond donors (Lipinski definition) is 0. The lowest BCUT2D eigenvalue weighted by Crippen LogP contribution is -1.95. The standard InChI is InChI=1S/C18H17FN2O4S/c1-22-14-8-12(9-15(23-2)16(14)24-3)17-20-21-18(25-17)26-10-11-6-4-5-7-13(11)19/h4-9H,10H2,1-3H3. The minimum atomic E-state index is -0.260. The normalized spacial score (nSPS) is 10.6. The fourth-order valence-electron chi connectivity index (χ4n) is 2.34. The van der Waals surface area contributed by atoms with Crippen LogP contribution in [0.1, 0.15) is 5.56 Å². The first-order chi connectivity index (χ1) is 12.7. The first kappa shape index (κ1) is 18.1. The number of nitrogens with zero attached hydrogens (tertiary/aromatic N) is 2. The van der Waals surface area contributed by atoms with Gasteiger partial charge in [-0.25, -0.2) is 4.39 Å². The van der Waals surface area contributed by atoms with Crippen LogP contribution >= 0.6 is 11.8 Å². The van der Waals surface area contributed by atoms with Crippen molar-refractivity contribution in [3.05, 3.63) is 47.8 Å². The molecule has 0 N–H and O–H groups in total. The lowest BCUT2D eigenvalue weighted by molar-refractivity contribution is 0.324. The highest BCUT2D eigenvalue weighted by molar-refractivity contribution is 7.98. The van der Waals surface area contributed by atoms with Gasteiger partial charge in [-0.3, -0.25) is 0 Å². The lowest BCUT2D eigenvalue weighted by atomic mass is 10.2. The molecule has 3 aromatic rings. The van der Waals surface area contributed by atoms with E-state index >= 15 is 0 Å². The number of thioether (sulfide) groups is 1. The van der Waals surface area contributed by atoms with Crippen LogP contribution in [0.4, 0.5) is 4.39 Å². The van der Waals surface area contributed by atoms with Gasteiger partial charge in [-0.05, 0) is 23.8 Å². The molecule has 0 aliphatic heterocycles. The molecule has 0 saturated heterocycles. The van der Waals surface area contributed by atoms with Crippen molar-refractivity contribution in [1.29, 1.82) is 0 Å². The third-order valence-corrected chi connectivity index (χ3v) is 4.49. The Morgan fingerprint density at radius 3 is 2.31 bits per heavy atom. The zero-order valence-electron chi connectivity index (χ0n) is 14.5. The van der Waals surface area contributed by atoms with Gasteiger partial charge in [0.2, 0.25) is 11.6 Å². The monoisotopic (exact) mass is 376 g/mol. The van der Waals surface area contributed by atoms with Crippen LogP contribution in [0.2, 0.25) is 0 Å². The minimum absolute atomic E-state index is 0.260. The molecule has 0 bridgehead atoms. The second kappa shape index (κ2) is 8.09. The predicted octanol–water partition coefficient (Wildman–Crippen LogP) is 4.19. The van der Waals surface area contributed by atoms with Gasteiger partial charge in [0, 0.05) is 11.3 Å².